The van der Waals surface area contributed by atoms with Crippen LogP contribution in [0.1, 0.15) is 23.6 Å². The summed E-state index contributed by atoms with van der Waals surface area (Å²) >= 11 is 0. The van der Waals surface area contributed by atoms with Crippen molar-refractivity contribution in [2.75, 3.05) is 6.61 Å². The number of aromatic nitrogens is 1. The molecule has 1 N–H and O–H groups in total. The fraction of sp³-hybridized carbons (Fsp3) is 0.235. The van der Waals surface area contributed by atoms with Gasteiger partial charge in [-0.3, -0.25) is 9.78 Å². The van der Waals surface area contributed by atoms with Crippen molar-refractivity contribution in [3.05, 3.63) is 59.4 Å². The van der Waals surface area contributed by atoms with Crippen molar-refractivity contribution < 1.29 is 9.53 Å². The summed E-state index contributed by atoms with van der Waals surface area (Å²) in [4.78, 5) is 15.8. The van der Waals surface area contributed by atoms with Gasteiger partial charge in [-0.15, -0.1) is 0 Å². The first-order chi connectivity index (χ1) is 10.5. The predicted octanol–water partition coefficient (Wildman–Crippen LogP) is 2.62. The van der Waals surface area contributed by atoms with Crippen molar-refractivity contribution in [2.24, 2.45) is 5.10 Å². The van der Waals surface area contributed by atoms with Gasteiger partial charge in [-0.2, -0.15) is 5.10 Å². The van der Waals surface area contributed by atoms with Crippen LogP contribution in [0.5, 0.6) is 5.75 Å². The Hall–Kier alpha value is -2.69. The Bertz CT molecular complexity index is 661. The number of nitrogens with zero attached hydrogens (tertiary/aromatic N) is 2. The molecule has 0 fully saturated rings. The van der Waals surface area contributed by atoms with Crippen LogP contribution in [0, 0.1) is 13.8 Å². The van der Waals surface area contributed by atoms with Crippen LogP contribution in [0.25, 0.3) is 0 Å². The van der Waals surface area contributed by atoms with E-state index in [-0.39, 0.29) is 12.5 Å². The van der Waals surface area contributed by atoms with Crippen LogP contribution < -0.4 is 10.2 Å². The summed E-state index contributed by atoms with van der Waals surface area (Å²) in [7, 11) is 0. The quantitative estimate of drug-likeness (QED) is 0.681. The molecule has 114 valence electrons. The van der Waals surface area contributed by atoms with Crippen LogP contribution in [0.4, 0.5) is 0 Å². The molecule has 0 aliphatic heterocycles. The summed E-state index contributed by atoms with van der Waals surface area (Å²) in [6, 6.07) is 9.53. The summed E-state index contributed by atoms with van der Waals surface area (Å²) in [5.41, 5.74) is 6.22. The van der Waals surface area contributed by atoms with Crippen LogP contribution in [-0.4, -0.2) is 23.2 Å². The Morgan fingerprint density at radius 2 is 2.00 bits per heavy atom. The Morgan fingerprint density at radius 3 is 2.64 bits per heavy atom. The van der Waals surface area contributed by atoms with Crippen molar-refractivity contribution in [3.63, 3.8) is 0 Å². The number of hydrogen-bond acceptors (Lipinski definition) is 4. The molecule has 1 aromatic heterocycles. The van der Waals surface area contributed by atoms with Gasteiger partial charge in [0, 0.05) is 18.0 Å². The summed E-state index contributed by atoms with van der Waals surface area (Å²) in [5.74, 6) is 0.378. The molecule has 0 aliphatic carbocycles. The molecule has 0 atom stereocenters. The number of hydrazone groups is 1. The highest BCUT2D eigenvalue weighted by Crippen LogP contribution is 2.15. The first-order valence-electron chi connectivity index (χ1n) is 6.99. The largest absolute Gasteiger partial charge is 0.484 e. The van der Waals surface area contributed by atoms with Crippen molar-refractivity contribution in [2.45, 2.75) is 20.8 Å². The minimum Gasteiger partial charge on any atom is -0.484 e. The normalized spacial score (nSPS) is 11.1. The molecule has 5 heteroatoms. The summed E-state index contributed by atoms with van der Waals surface area (Å²) in [6.45, 7) is 5.71. The van der Waals surface area contributed by atoms with Crippen molar-refractivity contribution in [1.29, 1.82) is 0 Å². The van der Waals surface area contributed by atoms with Crippen molar-refractivity contribution >= 4 is 11.6 Å². The third-order valence-electron chi connectivity index (χ3n) is 2.99. The first kappa shape index (κ1) is 15.7. The van der Waals surface area contributed by atoms with Gasteiger partial charge in [-0.25, -0.2) is 5.43 Å². The molecule has 22 heavy (non-hydrogen) atoms. The number of carbonyl (C=O) groups is 1. The molecule has 0 spiro atoms. The lowest BCUT2D eigenvalue weighted by Gasteiger charge is -2.07. The lowest BCUT2D eigenvalue weighted by molar-refractivity contribution is -0.123. The number of hydrogen-bond donors (Lipinski definition) is 1. The van der Waals surface area contributed by atoms with Gasteiger partial charge in [-0.05, 0) is 50.1 Å². The fourth-order valence-corrected chi connectivity index (χ4v) is 1.98. The summed E-state index contributed by atoms with van der Waals surface area (Å²) in [6.07, 6.45) is 3.38. The van der Waals surface area contributed by atoms with Crippen molar-refractivity contribution in [1.82, 2.24) is 10.4 Å². The molecule has 0 unspecified atom stereocenters. The van der Waals surface area contributed by atoms with E-state index in [1.54, 1.807) is 12.4 Å². The second-order valence-corrected chi connectivity index (χ2v) is 5.09. The van der Waals surface area contributed by atoms with E-state index in [0.29, 0.717) is 11.5 Å². The lowest BCUT2D eigenvalue weighted by atomic mass is 10.1. The number of ether oxygens (including phenoxy) is 1. The number of nitrogens with one attached hydrogen (secondary N) is 1. The maximum atomic E-state index is 11.8. The van der Waals surface area contributed by atoms with E-state index in [4.69, 9.17) is 4.74 Å². The first-order valence-corrected chi connectivity index (χ1v) is 6.99. The smallest absolute Gasteiger partial charge is 0.277 e. The van der Waals surface area contributed by atoms with E-state index in [1.165, 1.54) is 0 Å². The molecule has 1 heterocycles. The number of rotatable bonds is 5. The van der Waals surface area contributed by atoms with Gasteiger partial charge in [-0.1, -0.05) is 12.1 Å². The molecule has 0 saturated carbocycles. The van der Waals surface area contributed by atoms with Crippen molar-refractivity contribution in [3.8, 4) is 5.75 Å². The molecular weight excluding hydrogens is 278 g/mol. The van der Waals surface area contributed by atoms with Crippen LogP contribution in [0.15, 0.2) is 47.8 Å². The minimum atomic E-state index is -0.303. The average Bonchev–Trinajstić information content (AvgIpc) is 2.50. The van der Waals surface area contributed by atoms with Gasteiger partial charge in [0.2, 0.25) is 0 Å². The molecule has 0 radical (unpaired) electrons. The predicted molar refractivity (Wildman–Crippen MR) is 86.0 cm³/mol. The zero-order valence-electron chi connectivity index (χ0n) is 13.0. The summed E-state index contributed by atoms with van der Waals surface area (Å²) in [5, 5.41) is 4.04. The molecule has 2 aromatic rings. The highest BCUT2D eigenvalue weighted by molar-refractivity contribution is 5.98. The molecule has 2 rings (SSSR count). The number of carbonyl (C=O) groups excluding carboxylic acids is 1. The second kappa shape index (κ2) is 7.36. The SMILES string of the molecule is CC(=NNC(=O)COc1cc(C)cc(C)c1)c1cccnc1. The highest BCUT2D eigenvalue weighted by atomic mass is 16.5. The molecule has 1 aromatic carbocycles. The monoisotopic (exact) mass is 297 g/mol. The van der Waals surface area contributed by atoms with Crippen LogP contribution >= 0.6 is 0 Å². The third kappa shape index (κ3) is 4.70. The Labute approximate surface area is 130 Å². The van der Waals surface area contributed by atoms with Crippen LogP contribution in [0.3, 0.4) is 0 Å². The molecule has 0 bridgehead atoms. The second-order valence-electron chi connectivity index (χ2n) is 5.09. The van der Waals surface area contributed by atoms with Gasteiger partial charge in [0.1, 0.15) is 5.75 Å². The molecule has 0 aliphatic rings. The number of pyridine rings is 1. The van der Waals surface area contributed by atoms with Gasteiger partial charge < -0.3 is 4.74 Å². The molecule has 5 nitrogen and oxygen atoms in total. The Morgan fingerprint density at radius 1 is 1.27 bits per heavy atom. The molecule has 0 saturated heterocycles. The maximum Gasteiger partial charge on any atom is 0.277 e. The zero-order valence-corrected chi connectivity index (χ0v) is 13.0. The topological polar surface area (TPSA) is 63.6 Å². The van der Waals surface area contributed by atoms with E-state index in [1.807, 2.05) is 45.0 Å². The van der Waals surface area contributed by atoms with E-state index >= 15 is 0 Å². The van der Waals surface area contributed by atoms with Gasteiger partial charge in [0.05, 0.1) is 5.71 Å². The van der Waals surface area contributed by atoms with E-state index in [9.17, 15) is 4.79 Å². The maximum absolute atomic E-state index is 11.8. The fourth-order valence-electron chi connectivity index (χ4n) is 1.98. The average molecular weight is 297 g/mol. The van der Waals surface area contributed by atoms with Gasteiger partial charge in [0.25, 0.3) is 5.91 Å². The number of aryl methyl sites for hydroxylation is 2. The standard InChI is InChI=1S/C17H19N3O2/c1-12-7-13(2)9-16(8-12)22-11-17(21)20-19-14(3)15-5-4-6-18-10-15/h4-10H,11H2,1-3H3,(H,20,21). The summed E-state index contributed by atoms with van der Waals surface area (Å²) < 4.78 is 5.47. The molecular formula is C17H19N3O2. The number of amides is 1. The zero-order chi connectivity index (χ0) is 15.9. The number of benzene rings is 1. The minimum absolute atomic E-state index is 0.0767. The lowest BCUT2D eigenvalue weighted by Crippen LogP contribution is -2.25. The Balaban J connectivity index is 1.88. The van der Waals surface area contributed by atoms with Gasteiger partial charge >= 0.3 is 0 Å². The van der Waals surface area contributed by atoms with E-state index in [2.05, 4.69) is 21.6 Å². The van der Waals surface area contributed by atoms with Crippen LogP contribution in [-0.2, 0) is 4.79 Å². The third-order valence-corrected chi connectivity index (χ3v) is 2.99. The van der Waals surface area contributed by atoms with Gasteiger partial charge in [0.15, 0.2) is 6.61 Å². The van der Waals surface area contributed by atoms with Crippen LogP contribution in [0.2, 0.25) is 0 Å². The van der Waals surface area contributed by atoms with E-state index < -0.39 is 0 Å². The van der Waals surface area contributed by atoms with E-state index in [0.717, 1.165) is 16.7 Å². The highest BCUT2D eigenvalue weighted by Gasteiger charge is 2.04. The Kier molecular flexibility index (Phi) is 5.25. The molecule has 1 amide bonds.